The summed E-state index contributed by atoms with van der Waals surface area (Å²) in [5, 5.41) is 24.3. The molecule has 0 bridgehead atoms. The maximum Gasteiger partial charge on any atom is 0.138 e. The zero-order chi connectivity index (χ0) is 20.9. The minimum atomic E-state index is -0.732. The number of benzene rings is 2. The van der Waals surface area contributed by atoms with Crippen LogP contribution in [0, 0.1) is 11.3 Å². The van der Waals surface area contributed by atoms with Gasteiger partial charge in [-0.1, -0.05) is 41.9 Å². The molecule has 1 unspecified atom stereocenters. The van der Waals surface area contributed by atoms with Gasteiger partial charge in [0.1, 0.15) is 30.1 Å². The third-order valence-corrected chi connectivity index (χ3v) is 4.93. The molecule has 0 saturated heterocycles. The Balaban J connectivity index is 1.54. The van der Waals surface area contributed by atoms with Gasteiger partial charge in [-0.15, -0.1) is 0 Å². The van der Waals surface area contributed by atoms with E-state index in [9.17, 15) is 10.4 Å². The van der Waals surface area contributed by atoms with Crippen molar-refractivity contribution in [3.05, 3.63) is 70.9 Å². The van der Waals surface area contributed by atoms with E-state index in [1.54, 1.807) is 18.2 Å². The number of aliphatic hydroxyl groups excluding tert-OH is 1. The Morgan fingerprint density at radius 1 is 1.17 bits per heavy atom. The third-order valence-electron chi connectivity index (χ3n) is 4.61. The molecule has 3 aromatic rings. The van der Waals surface area contributed by atoms with Crippen molar-refractivity contribution >= 4 is 22.5 Å². The van der Waals surface area contributed by atoms with Gasteiger partial charge in [-0.2, -0.15) is 5.26 Å². The lowest BCUT2D eigenvalue weighted by atomic mass is 9.97. The summed E-state index contributed by atoms with van der Waals surface area (Å²) in [6.07, 6.45) is -0.0116. The fourth-order valence-electron chi connectivity index (χ4n) is 3.09. The predicted octanol–water partition coefficient (Wildman–Crippen LogP) is 4.11. The van der Waals surface area contributed by atoms with Gasteiger partial charge in [0, 0.05) is 29.6 Å². The lowest BCUT2D eigenvalue weighted by molar-refractivity contribution is 0.0986. The Morgan fingerprint density at radius 3 is 2.76 bits per heavy atom. The second-order valence-electron chi connectivity index (χ2n) is 7.63. The molecule has 2 aromatic carbocycles. The second-order valence-corrected chi connectivity index (χ2v) is 8.03. The van der Waals surface area contributed by atoms with E-state index in [4.69, 9.17) is 21.3 Å². The summed E-state index contributed by atoms with van der Waals surface area (Å²) in [5.74, 6) is 0.374. The highest BCUT2D eigenvalue weighted by Crippen LogP contribution is 2.25. The summed E-state index contributed by atoms with van der Waals surface area (Å²) < 4.78 is 5.59. The number of nitrogens with one attached hydrogen (secondary N) is 1. The molecule has 3 rings (SSSR count). The maximum absolute atomic E-state index is 10.3. The fraction of sp³-hybridized carbons (Fsp3) is 0.304. The second kappa shape index (κ2) is 9.23. The first-order valence-corrected chi connectivity index (χ1v) is 9.85. The molecule has 1 atom stereocenters. The number of rotatable bonds is 8. The normalized spacial score (nSPS) is 12.5. The number of aromatic nitrogens is 1. The average molecular weight is 410 g/mol. The first kappa shape index (κ1) is 21.1. The Bertz CT molecular complexity index is 1030. The molecule has 0 amide bonds. The van der Waals surface area contributed by atoms with Crippen LogP contribution >= 0.6 is 11.6 Å². The number of nitrogens with zero attached hydrogens (tertiary/aromatic N) is 2. The highest BCUT2D eigenvalue weighted by atomic mass is 35.5. The molecule has 0 radical (unpaired) electrons. The van der Waals surface area contributed by atoms with Crippen molar-refractivity contribution in [2.45, 2.75) is 31.9 Å². The number of aliphatic hydroxyl groups is 1. The molecule has 0 aliphatic heterocycles. The van der Waals surface area contributed by atoms with E-state index in [0.717, 1.165) is 23.0 Å². The van der Waals surface area contributed by atoms with Gasteiger partial charge in [0.25, 0.3) is 0 Å². The van der Waals surface area contributed by atoms with Crippen molar-refractivity contribution in [2.24, 2.45) is 0 Å². The van der Waals surface area contributed by atoms with Crippen molar-refractivity contribution in [1.82, 2.24) is 10.3 Å². The van der Waals surface area contributed by atoms with Gasteiger partial charge in [0.15, 0.2) is 0 Å². The highest BCUT2D eigenvalue weighted by Gasteiger charge is 2.20. The Hall–Kier alpha value is -2.65. The molecule has 1 aromatic heterocycles. The van der Waals surface area contributed by atoms with E-state index in [0.29, 0.717) is 17.3 Å². The van der Waals surface area contributed by atoms with E-state index in [2.05, 4.69) is 25.2 Å². The monoisotopic (exact) mass is 409 g/mol. The van der Waals surface area contributed by atoms with Crippen LogP contribution in [-0.2, 0) is 6.42 Å². The van der Waals surface area contributed by atoms with Crippen LogP contribution in [0.4, 0.5) is 0 Å². The van der Waals surface area contributed by atoms with E-state index in [1.165, 1.54) is 0 Å². The van der Waals surface area contributed by atoms with Gasteiger partial charge in [-0.05, 0) is 38.1 Å². The standard InChI is InChI=1S/C23H24ClN3O2/c1-23(2,12-17-11-10-16-6-3-4-8-21(16)27-17)26-14-18(28)15-29-22-9-5-7-20(24)19(22)13-25/h3-11,18,26,28H,12,14-15H2,1-2H3. The van der Waals surface area contributed by atoms with E-state index >= 15 is 0 Å². The summed E-state index contributed by atoms with van der Waals surface area (Å²) >= 11 is 6.00. The summed E-state index contributed by atoms with van der Waals surface area (Å²) in [7, 11) is 0. The van der Waals surface area contributed by atoms with Gasteiger partial charge in [-0.3, -0.25) is 4.98 Å². The lowest BCUT2D eigenvalue weighted by Crippen LogP contribution is -2.46. The van der Waals surface area contributed by atoms with Crippen LogP contribution in [0.15, 0.2) is 54.6 Å². The van der Waals surface area contributed by atoms with Crippen LogP contribution in [0.2, 0.25) is 5.02 Å². The van der Waals surface area contributed by atoms with Gasteiger partial charge in [0.2, 0.25) is 0 Å². The third kappa shape index (κ3) is 5.68. The SMILES string of the molecule is CC(C)(Cc1ccc2ccccc2n1)NCC(O)COc1cccc(Cl)c1C#N. The highest BCUT2D eigenvalue weighted by molar-refractivity contribution is 6.31. The Morgan fingerprint density at radius 2 is 1.97 bits per heavy atom. The number of hydrogen-bond donors (Lipinski definition) is 2. The summed E-state index contributed by atoms with van der Waals surface area (Å²) in [6.45, 7) is 4.56. The first-order valence-electron chi connectivity index (χ1n) is 9.47. The van der Waals surface area contributed by atoms with Crippen LogP contribution in [-0.4, -0.2) is 34.9 Å². The molecule has 2 N–H and O–H groups in total. The van der Waals surface area contributed by atoms with Crippen molar-refractivity contribution < 1.29 is 9.84 Å². The molecule has 0 fully saturated rings. The zero-order valence-corrected chi connectivity index (χ0v) is 17.3. The number of β-amino-alcohol motifs (C(OH)–C–C–N with tert-alkyl or cyclic N) is 1. The van der Waals surface area contributed by atoms with Crippen molar-refractivity contribution in [3.63, 3.8) is 0 Å². The topological polar surface area (TPSA) is 78.2 Å². The summed E-state index contributed by atoms with van der Waals surface area (Å²) in [4.78, 5) is 4.72. The fourth-order valence-corrected chi connectivity index (χ4v) is 3.30. The van der Waals surface area contributed by atoms with Gasteiger partial charge in [-0.25, -0.2) is 0 Å². The molecule has 0 spiro atoms. The molecule has 0 aliphatic carbocycles. The predicted molar refractivity (Wildman–Crippen MR) is 115 cm³/mol. The van der Waals surface area contributed by atoms with Crippen molar-refractivity contribution in [2.75, 3.05) is 13.2 Å². The van der Waals surface area contributed by atoms with Gasteiger partial charge < -0.3 is 15.2 Å². The van der Waals surface area contributed by atoms with Gasteiger partial charge >= 0.3 is 0 Å². The molecule has 0 saturated carbocycles. The Kier molecular flexibility index (Phi) is 6.71. The van der Waals surface area contributed by atoms with Crippen molar-refractivity contribution in [3.8, 4) is 11.8 Å². The number of pyridine rings is 1. The largest absolute Gasteiger partial charge is 0.489 e. The first-order chi connectivity index (χ1) is 13.9. The van der Waals surface area contributed by atoms with Crippen LogP contribution in [0.3, 0.4) is 0 Å². The number of fused-ring (bicyclic) bond motifs is 1. The molecule has 5 nitrogen and oxygen atoms in total. The lowest BCUT2D eigenvalue weighted by Gasteiger charge is -2.27. The quantitative estimate of drug-likeness (QED) is 0.585. The molecular formula is C23H24ClN3O2. The number of ether oxygens (including phenoxy) is 1. The maximum atomic E-state index is 10.3. The molecule has 150 valence electrons. The molecule has 1 heterocycles. The van der Waals surface area contributed by atoms with Crippen LogP contribution < -0.4 is 10.1 Å². The number of halogens is 1. The molecular weight excluding hydrogens is 386 g/mol. The molecule has 0 aliphatic rings. The summed E-state index contributed by atoms with van der Waals surface area (Å²) in [5.41, 5.74) is 1.98. The van der Waals surface area contributed by atoms with E-state index < -0.39 is 6.10 Å². The minimum absolute atomic E-state index is 0.0618. The average Bonchev–Trinajstić information content (AvgIpc) is 2.70. The van der Waals surface area contributed by atoms with Crippen LogP contribution in [0.25, 0.3) is 10.9 Å². The number of para-hydroxylation sites is 1. The summed E-state index contributed by atoms with van der Waals surface area (Å²) in [6, 6.07) is 19.2. The smallest absolute Gasteiger partial charge is 0.138 e. The zero-order valence-electron chi connectivity index (χ0n) is 16.5. The van der Waals surface area contributed by atoms with Crippen LogP contribution in [0.1, 0.15) is 25.1 Å². The molecule has 29 heavy (non-hydrogen) atoms. The van der Waals surface area contributed by atoms with Gasteiger partial charge in [0.05, 0.1) is 10.5 Å². The number of nitriles is 1. The minimum Gasteiger partial charge on any atom is -0.489 e. The number of hydrogen-bond acceptors (Lipinski definition) is 5. The Labute approximate surface area is 175 Å². The van der Waals surface area contributed by atoms with Crippen molar-refractivity contribution in [1.29, 1.82) is 5.26 Å². The van der Waals surface area contributed by atoms with E-state index in [1.807, 2.05) is 36.4 Å². The van der Waals surface area contributed by atoms with Crippen LogP contribution in [0.5, 0.6) is 5.75 Å². The molecule has 6 heteroatoms. The van der Waals surface area contributed by atoms with E-state index in [-0.39, 0.29) is 17.7 Å².